The van der Waals surface area contributed by atoms with Crippen molar-refractivity contribution in [3.8, 4) is 0 Å². The maximum Gasteiger partial charge on any atom is 0.0700 e. The lowest BCUT2D eigenvalue weighted by atomic mass is 10.1. The van der Waals surface area contributed by atoms with Crippen molar-refractivity contribution in [3.05, 3.63) is 34.3 Å². The van der Waals surface area contributed by atoms with Crippen molar-refractivity contribution >= 4 is 15.9 Å². The van der Waals surface area contributed by atoms with Gasteiger partial charge in [0.25, 0.3) is 0 Å². The molecule has 0 fully saturated rings. The molecule has 0 saturated heterocycles. The van der Waals surface area contributed by atoms with Gasteiger partial charge in [-0.05, 0) is 37.6 Å². The van der Waals surface area contributed by atoms with Gasteiger partial charge in [0.2, 0.25) is 0 Å². The molecule has 0 aliphatic carbocycles. The van der Waals surface area contributed by atoms with Crippen LogP contribution in [-0.2, 0) is 9.47 Å². The van der Waals surface area contributed by atoms with Crippen LogP contribution in [0.3, 0.4) is 0 Å². The first-order valence-corrected chi connectivity index (χ1v) is 7.09. The van der Waals surface area contributed by atoms with E-state index in [1.54, 1.807) is 7.11 Å². The van der Waals surface area contributed by atoms with Crippen LogP contribution in [0.25, 0.3) is 0 Å². The van der Waals surface area contributed by atoms with E-state index >= 15 is 0 Å². The van der Waals surface area contributed by atoms with Gasteiger partial charge in [-0.3, -0.25) is 0 Å². The summed E-state index contributed by atoms with van der Waals surface area (Å²) in [6.45, 7) is 5.27. The molecule has 0 aromatic heterocycles. The number of benzene rings is 1. The summed E-state index contributed by atoms with van der Waals surface area (Å²) < 4.78 is 11.4. The second-order valence-electron chi connectivity index (χ2n) is 4.19. The van der Waals surface area contributed by atoms with Crippen molar-refractivity contribution in [3.63, 3.8) is 0 Å². The number of halogens is 1. The Morgan fingerprint density at radius 1 is 1.17 bits per heavy atom. The fourth-order valence-electron chi connectivity index (χ4n) is 1.61. The molecule has 0 radical (unpaired) electrons. The van der Waals surface area contributed by atoms with E-state index in [2.05, 4.69) is 52.4 Å². The Labute approximate surface area is 118 Å². The standard InChI is InChI=1S/C14H22BrNO2/c1-12(13-4-6-14(15)7-5-13)16-8-3-9-18-11-10-17-2/h4-7,12,16H,3,8-11H2,1-2H3/t12-/m0/s1. The van der Waals surface area contributed by atoms with Gasteiger partial charge in [0, 0.05) is 24.2 Å². The van der Waals surface area contributed by atoms with E-state index in [1.807, 2.05) is 0 Å². The van der Waals surface area contributed by atoms with Gasteiger partial charge in [0.1, 0.15) is 0 Å². The Morgan fingerprint density at radius 2 is 1.89 bits per heavy atom. The van der Waals surface area contributed by atoms with Crippen LogP contribution >= 0.6 is 15.9 Å². The fourth-order valence-corrected chi connectivity index (χ4v) is 1.87. The summed E-state index contributed by atoms with van der Waals surface area (Å²) in [5, 5.41) is 3.48. The van der Waals surface area contributed by atoms with E-state index < -0.39 is 0 Å². The van der Waals surface area contributed by atoms with Gasteiger partial charge in [0.05, 0.1) is 13.2 Å². The Morgan fingerprint density at radius 3 is 2.56 bits per heavy atom. The Balaban J connectivity index is 2.10. The van der Waals surface area contributed by atoms with Gasteiger partial charge in [-0.1, -0.05) is 28.1 Å². The van der Waals surface area contributed by atoms with Crippen LogP contribution in [-0.4, -0.2) is 33.5 Å². The quantitative estimate of drug-likeness (QED) is 0.710. The third kappa shape index (κ3) is 6.50. The SMILES string of the molecule is COCCOCCCN[C@@H](C)c1ccc(Br)cc1. The number of ether oxygens (including phenoxy) is 2. The molecule has 0 heterocycles. The van der Waals surface area contributed by atoms with E-state index in [0.717, 1.165) is 24.0 Å². The van der Waals surface area contributed by atoms with Crippen molar-refractivity contribution in [2.24, 2.45) is 0 Å². The summed E-state index contributed by atoms with van der Waals surface area (Å²) in [4.78, 5) is 0. The minimum absolute atomic E-state index is 0.372. The predicted octanol–water partition coefficient (Wildman–Crippen LogP) is 3.15. The highest BCUT2D eigenvalue weighted by molar-refractivity contribution is 9.10. The molecule has 0 saturated carbocycles. The molecule has 1 aromatic carbocycles. The molecule has 0 aliphatic rings. The zero-order chi connectivity index (χ0) is 13.2. The van der Waals surface area contributed by atoms with E-state index in [4.69, 9.17) is 9.47 Å². The van der Waals surface area contributed by atoms with E-state index in [0.29, 0.717) is 19.3 Å². The third-order valence-corrected chi connectivity index (χ3v) is 3.25. The number of hydrogen-bond acceptors (Lipinski definition) is 3. The average molecular weight is 316 g/mol. The second kappa shape index (κ2) is 9.50. The van der Waals surface area contributed by atoms with Gasteiger partial charge in [-0.2, -0.15) is 0 Å². The van der Waals surface area contributed by atoms with Gasteiger partial charge < -0.3 is 14.8 Å². The van der Waals surface area contributed by atoms with E-state index in [9.17, 15) is 0 Å². The number of nitrogens with one attached hydrogen (secondary N) is 1. The van der Waals surface area contributed by atoms with Crippen molar-refractivity contribution < 1.29 is 9.47 Å². The highest BCUT2D eigenvalue weighted by Gasteiger charge is 2.03. The van der Waals surface area contributed by atoms with Gasteiger partial charge >= 0.3 is 0 Å². The normalized spacial score (nSPS) is 12.6. The molecule has 102 valence electrons. The molecule has 0 amide bonds. The molecule has 0 bridgehead atoms. The molecule has 1 N–H and O–H groups in total. The second-order valence-corrected chi connectivity index (χ2v) is 5.10. The monoisotopic (exact) mass is 315 g/mol. The molecule has 0 unspecified atom stereocenters. The summed E-state index contributed by atoms with van der Waals surface area (Å²) in [5.41, 5.74) is 1.30. The van der Waals surface area contributed by atoms with Crippen LogP contribution in [0.1, 0.15) is 24.9 Å². The van der Waals surface area contributed by atoms with Crippen LogP contribution in [0, 0.1) is 0 Å². The van der Waals surface area contributed by atoms with Crippen LogP contribution in [0.2, 0.25) is 0 Å². The van der Waals surface area contributed by atoms with Crippen molar-refractivity contribution in [2.75, 3.05) is 33.5 Å². The summed E-state index contributed by atoms with van der Waals surface area (Å²) >= 11 is 3.44. The number of hydrogen-bond donors (Lipinski definition) is 1. The first-order valence-electron chi connectivity index (χ1n) is 6.29. The van der Waals surface area contributed by atoms with Crippen molar-refractivity contribution in [2.45, 2.75) is 19.4 Å². The minimum Gasteiger partial charge on any atom is -0.382 e. The summed E-state index contributed by atoms with van der Waals surface area (Å²) in [7, 11) is 1.69. The Kier molecular flexibility index (Phi) is 8.25. The molecule has 18 heavy (non-hydrogen) atoms. The van der Waals surface area contributed by atoms with Gasteiger partial charge in [0.15, 0.2) is 0 Å². The molecule has 0 aliphatic heterocycles. The first-order chi connectivity index (χ1) is 8.74. The first kappa shape index (κ1) is 15.6. The Hall–Kier alpha value is -0.420. The molecule has 1 aromatic rings. The van der Waals surface area contributed by atoms with Crippen LogP contribution in [0.15, 0.2) is 28.7 Å². The molecular formula is C14H22BrNO2. The van der Waals surface area contributed by atoms with E-state index in [1.165, 1.54) is 5.56 Å². The summed E-state index contributed by atoms with van der Waals surface area (Å²) in [6, 6.07) is 8.79. The summed E-state index contributed by atoms with van der Waals surface area (Å²) in [5.74, 6) is 0. The van der Waals surface area contributed by atoms with Crippen LogP contribution in [0.4, 0.5) is 0 Å². The van der Waals surface area contributed by atoms with Gasteiger partial charge in [-0.15, -0.1) is 0 Å². The smallest absolute Gasteiger partial charge is 0.0700 e. The van der Waals surface area contributed by atoms with Crippen LogP contribution < -0.4 is 5.32 Å². The minimum atomic E-state index is 0.372. The fraction of sp³-hybridized carbons (Fsp3) is 0.571. The predicted molar refractivity (Wildman–Crippen MR) is 77.9 cm³/mol. The number of rotatable bonds is 9. The third-order valence-electron chi connectivity index (χ3n) is 2.72. The highest BCUT2D eigenvalue weighted by Crippen LogP contribution is 2.16. The van der Waals surface area contributed by atoms with E-state index in [-0.39, 0.29) is 0 Å². The lowest BCUT2D eigenvalue weighted by molar-refractivity contribution is 0.0693. The van der Waals surface area contributed by atoms with Crippen molar-refractivity contribution in [1.29, 1.82) is 0 Å². The largest absolute Gasteiger partial charge is 0.382 e. The molecule has 1 rings (SSSR count). The van der Waals surface area contributed by atoms with Gasteiger partial charge in [-0.25, -0.2) is 0 Å². The average Bonchev–Trinajstić information content (AvgIpc) is 2.38. The molecule has 1 atom stereocenters. The molecule has 4 heteroatoms. The highest BCUT2D eigenvalue weighted by atomic mass is 79.9. The Bertz CT molecular complexity index is 316. The maximum absolute atomic E-state index is 5.41. The summed E-state index contributed by atoms with van der Waals surface area (Å²) in [6.07, 6.45) is 1.02. The molecule has 3 nitrogen and oxygen atoms in total. The zero-order valence-electron chi connectivity index (χ0n) is 11.1. The molecular weight excluding hydrogens is 294 g/mol. The van der Waals surface area contributed by atoms with Crippen LogP contribution in [0.5, 0.6) is 0 Å². The van der Waals surface area contributed by atoms with Crippen molar-refractivity contribution in [1.82, 2.24) is 5.32 Å². The molecule has 0 spiro atoms. The topological polar surface area (TPSA) is 30.5 Å². The lowest BCUT2D eigenvalue weighted by Crippen LogP contribution is -2.21. The maximum atomic E-state index is 5.41. The zero-order valence-corrected chi connectivity index (χ0v) is 12.7. The lowest BCUT2D eigenvalue weighted by Gasteiger charge is -2.14. The number of methoxy groups -OCH3 is 1.